The molecule has 0 fully saturated rings. The molecule has 1 aromatic heterocycles. The van der Waals surface area contributed by atoms with Crippen molar-refractivity contribution in [2.75, 3.05) is 0 Å². The van der Waals surface area contributed by atoms with Gasteiger partial charge in [0.15, 0.2) is 5.70 Å². The smallest absolute Gasteiger partial charge is 0.507 e. The number of aromatic hydroxyl groups is 1. The number of aromatic nitrogens is 1. The molecule has 164 valence electrons. The molecule has 3 heterocycles. The first-order chi connectivity index (χ1) is 14.2. The number of phenols is 1. The van der Waals surface area contributed by atoms with Gasteiger partial charge >= 0.3 is 6.97 Å². The van der Waals surface area contributed by atoms with E-state index in [9.17, 15) is 5.11 Å². The van der Waals surface area contributed by atoms with Gasteiger partial charge in [-0.15, -0.1) is 0 Å². The molecular formula is C25H31BF2N2O. The van der Waals surface area contributed by atoms with E-state index >= 15 is 8.63 Å². The molecule has 1 aromatic carbocycles. The molecule has 0 aliphatic carbocycles. The lowest BCUT2D eigenvalue weighted by Gasteiger charge is -2.34. The fraction of sp³-hybridized carbons (Fsp3) is 0.400. The molecule has 0 bridgehead atoms. The van der Waals surface area contributed by atoms with Crippen LogP contribution in [0.5, 0.6) is 5.75 Å². The van der Waals surface area contributed by atoms with Gasteiger partial charge in [0, 0.05) is 35.9 Å². The van der Waals surface area contributed by atoms with E-state index < -0.39 is 6.97 Å². The third kappa shape index (κ3) is 3.10. The Labute approximate surface area is 183 Å². The largest absolute Gasteiger partial charge is 0.737 e. The summed E-state index contributed by atoms with van der Waals surface area (Å²) in [7, 11) is 0. The average Bonchev–Trinajstić information content (AvgIpc) is 3.18. The van der Waals surface area contributed by atoms with Crippen molar-refractivity contribution in [2.24, 2.45) is 0 Å². The number of fused-ring (bicyclic) bond motifs is 2. The molecule has 0 radical (unpaired) electrons. The zero-order chi connectivity index (χ0) is 23.1. The summed E-state index contributed by atoms with van der Waals surface area (Å²) in [6.07, 6.45) is 3.54. The van der Waals surface area contributed by atoms with Gasteiger partial charge < -0.3 is 22.7 Å². The minimum absolute atomic E-state index is 0.285. The van der Waals surface area contributed by atoms with E-state index in [-0.39, 0.29) is 16.6 Å². The lowest BCUT2D eigenvalue weighted by Crippen LogP contribution is -2.51. The van der Waals surface area contributed by atoms with Crippen LogP contribution in [0, 0.1) is 6.92 Å². The van der Waals surface area contributed by atoms with Crippen molar-refractivity contribution in [1.29, 1.82) is 0 Å². The van der Waals surface area contributed by atoms with Gasteiger partial charge in [-0.2, -0.15) is 0 Å². The molecule has 4 rings (SSSR count). The fourth-order valence-corrected chi connectivity index (χ4v) is 4.80. The topological polar surface area (TPSA) is 28.2 Å². The van der Waals surface area contributed by atoms with E-state index in [1.807, 2.05) is 12.1 Å². The highest BCUT2D eigenvalue weighted by Crippen LogP contribution is 2.45. The first-order valence-electron chi connectivity index (χ1n) is 10.8. The molecule has 0 saturated carbocycles. The Morgan fingerprint density at radius 1 is 0.903 bits per heavy atom. The Balaban J connectivity index is 2.13. The number of phenolic OH excluding ortho intramolecular Hbond substituents is 1. The van der Waals surface area contributed by atoms with Crippen LogP contribution in [0.2, 0.25) is 0 Å². The van der Waals surface area contributed by atoms with E-state index in [4.69, 9.17) is 0 Å². The number of aryl methyl sites for hydroxylation is 1. The SMILES string of the molecule is CC1=[N+]2C(=C(c3cc(C(C)(C)C)c(O)c(C(C)(C)C)c3)c3ccc(C)n3[B-]2(F)F)C=C1. The van der Waals surface area contributed by atoms with E-state index in [1.54, 1.807) is 38.1 Å². The fourth-order valence-electron chi connectivity index (χ4n) is 4.80. The summed E-state index contributed by atoms with van der Waals surface area (Å²) in [6, 6.07) is 7.47. The van der Waals surface area contributed by atoms with Crippen LogP contribution in [0.25, 0.3) is 5.57 Å². The third-order valence-corrected chi connectivity index (χ3v) is 6.39. The second-order valence-electron chi connectivity index (χ2n) is 10.8. The van der Waals surface area contributed by atoms with Crippen LogP contribution in [0.3, 0.4) is 0 Å². The number of nitrogens with zero attached hydrogens (tertiary/aromatic N) is 2. The number of benzene rings is 1. The lowest BCUT2D eigenvalue weighted by atomic mass is 9.76. The number of hydrogen-bond donors (Lipinski definition) is 1. The van der Waals surface area contributed by atoms with Gasteiger partial charge in [-0.25, -0.2) is 0 Å². The molecule has 1 N–H and O–H groups in total. The van der Waals surface area contributed by atoms with Crippen LogP contribution in [0.1, 0.15) is 76.5 Å². The molecule has 6 heteroatoms. The molecular weight excluding hydrogens is 393 g/mol. The van der Waals surface area contributed by atoms with Crippen LogP contribution < -0.4 is 0 Å². The van der Waals surface area contributed by atoms with E-state index in [0.717, 1.165) is 22.3 Å². The predicted octanol–water partition coefficient (Wildman–Crippen LogP) is 6.14. The van der Waals surface area contributed by atoms with E-state index in [0.29, 0.717) is 22.8 Å². The van der Waals surface area contributed by atoms with Crippen LogP contribution >= 0.6 is 0 Å². The number of hydrogen-bond acceptors (Lipinski definition) is 1. The summed E-state index contributed by atoms with van der Waals surface area (Å²) in [5, 5.41) is 11.1. The maximum absolute atomic E-state index is 15.6. The van der Waals surface area contributed by atoms with Gasteiger partial charge in [0.2, 0.25) is 0 Å². The van der Waals surface area contributed by atoms with E-state index in [1.165, 1.54) is 8.96 Å². The summed E-state index contributed by atoms with van der Waals surface area (Å²) in [5.74, 6) is 0.285. The molecule has 2 aliphatic rings. The van der Waals surface area contributed by atoms with Gasteiger partial charge in [0.05, 0.1) is 5.57 Å². The molecule has 31 heavy (non-hydrogen) atoms. The Morgan fingerprint density at radius 3 is 1.97 bits per heavy atom. The van der Waals surface area contributed by atoms with Gasteiger partial charge in [-0.3, -0.25) is 0 Å². The molecule has 3 nitrogen and oxygen atoms in total. The molecule has 0 spiro atoms. The normalized spacial score (nSPS) is 18.0. The Hall–Kier alpha value is -2.63. The van der Waals surface area contributed by atoms with Gasteiger partial charge in [0.25, 0.3) is 0 Å². The highest BCUT2D eigenvalue weighted by Gasteiger charge is 2.53. The van der Waals surface area contributed by atoms with Crippen molar-refractivity contribution in [1.82, 2.24) is 4.48 Å². The number of halogens is 2. The van der Waals surface area contributed by atoms with Crippen molar-refractivity contribution in [3.8, 4) is 5.75 Å². The Kier molecular flexibility index (Phi) is 4.49. The average molecular weight is 424 g/mol. The monoisotopic (exact) mass is 424 g/mol. The van der Waals surface area contributed by atoms with E-state index in [2.05, 4.69) is 41.5 Å². The predicted molar refractivity (Wildman–Crippen MR) is 124 cm³/mol. The summed E-state index contributed by atoms with van der Waals surface area (Å²) in [5.41, 5.74) is 4.71. The second-order valence-corrected chi connectivity index (χ2v) is 10.8. The zero-order valence-corrected chi connectivity index (χ0v) is 19.6. The number of rotatable bonds is 1. The third-order valence-electron chi connectivity index (χ3n) is 6.39. The van der Waals surface area contributed by atoms with Gasteiger partial charge in [-0.05, 0) is 53.3 Å². The van der Waals surface area contributed by atoms with Crippen molar-refractivity contribution >= 4 is 18.3 Å². The molecule has 0 amide bonds. The maximum atomic E-state index is 15.6. The van der Waals surface area contributed by atoms with Crippen LogP contribution in [0.4, 0.5) is 8.63 Å². The summed E-state index contributed by atoms with van der Waals surface area (Å²) in [4.78, 5) is 0. The second kappa shape index (κ2) is 6.44. The molecule has 0 atom stereocenters. The first kappa shape index (κ1) is 21.6. The quantitative estimate of drug-likeness (QED) is 0.548. The molecule has 2 aromatic rings. The summed E-state index contributed by atoms with van der Waals surface area (Å²) in [6.45, 7) is 11.8. The van der Waals surface area contributed by atoms with Crippen molar-refractivity contribution in [3.63, 3.8) is 0 Å². The van der Waals surface area contributed by atoms with Crippen LogP contribution in [0.15, 0.2) is 42.1 Å². The van der Waals surface area contributed by atoms with Crippen molar-refractivity contribution in [2.45, 2.75) is 66.2 Å². The summed E-state index contributed by atoms with van der Waals surface area (Å²) >= 11 is 0. The lowest BCUT2D eigenvalue weighted by molar-refractivity contribution is -0.362. The molecule has 2 aliphatic heterocycles. The van der Waals surface area contributed by atoms with Crippen LogP contribution in [-0.4, -0.2) is 26.8 Å². The standard InChI is InChI=1S/C25H31BF2N2O/c1-15-9-11-20-22(21-12-10-16(2)30(21)26(27,28)29(15)20)17-13-18(24(3,4)5)23(31)19(14-17)25(6,7)8/h9-14,31H,1-8H3. The number of allylic oxidation sites excluding steroid dienone is 2. The summed E-state index contributed by atoms with van der Waals surface area (Å²) < 4.78 is 33.6. The van der Waals surface area contributed by atoms with Gasteiger partial charge in [-0.1, -0.05) is 41.5 Å². The Bertz CT molecular complexity index is 1170. The van der Waals surface area contributed by atoms with Crippen molar-refractivity contribution < 1.29 is 18.2 Å². The van der Waals surface area contributed by atoms with Crippen LogP contribution in [-0.2, 0) is 10.8 Å². The highest BCUT2D eigenvalue weighted by molar-refractivity contribution is 6.58. The zero-order valence-electron chi connectivity index (χ0n) is 19.6. The maximum Gasteiger partial charge on any atom is 0.737 e. The van der Waals surface area contributed by atoms with Crippen molar-refractivity contribution in [3.05, 3.63) is 70.2 Å². The molecule has 0 unspecified atom stereocenters. The molecule has 0 saturated heterocycles. The van der Waals surface area contributed by atoms with Gasteiger partial charge in [0.1, 0.15) is 11.5 Å². The minimum Gasteiger partial charge on any atom is -0.507 e. The Morgan fingerprint density at radius 2 is 1.45 bits per heavy atom. The first-order valence-corrected chi connectivity index (χ1v) is 10.8. The minimum atomic E-state index is -3.98. The highest BCUT2D eigenvalue weighted by atomic mass is 19.2.